The molecule has 0 atom stereocenters. The highest BCUT2D eigenvalue weighted by Crippen LogP contribution is 2.14. The van der Waals surface area contributed by atoms with Crippen LogP contribution in [-0.4, -0.2) is 59.4 Å². The zero-order valence-corrected chi connectivity index (χ0v) is 11.6. The van der Waals surface area contributed by atoms with Crippen LogP contribution in [0.2, 0.25) is 0 Å². The minimum Gasteiger partial charge on any atom is -0.375 e. The summed E-state index contributed by atoms with van der Waals surface area (Å²) in [6, 6.07) is -0.0764. The molecule has 0 bridgehead atoms. The maximum atomic E-state index is 12.1. The lowest BCUT2D eigenvalue weighted by molar-refractivity contribution is 0.0660. The van der Waals surface area contributed by atoms with Crippen molar-refractivity contribution in [1.82, 2.24) is 20.1 Å². The summed E-state index contributed by atoms with van der Waals surface area (Å²) in [6.45, 7) is 4.61. The van der Waals surface area contributed by atoms with Crippen molar-refractivity contribution in [1.29, 1.82) is 0 Å². The first-order valence-corrected chi connectivity index (χ1v) is 7.03. The molecule has 2 rings (SSSR count). The van der Waals surface area contributed by atoms with Gasteiger partial charge in [0, 0.05) is 38.1 Å². The van der Waals surface area contributed by atoms with E-state index in [4.69, 9.17) is 5.73 Å². The molecule has 0 aromatic carbocycles. The fourth-order valence-electron chi connectivity index (χ4n) is 1.92. The zero-order valence-electron chi connectivity index (χ0n) is 10.8. The first kappa shape index (κ1) is 13.6. The number of hydrogen-bond acceptors (Lipinski definition) is 5. The standard InChI is InChI=1S/C11H17N5O2S/c1-2-13-11(18)16-5-3-15(4-6-16)9(17)8-7-19-10(12)14-8/h7H,2-6H2,1H3,(H2,12,14)(H,13,18). The predicted molar refractivity (Wildman–Crippen MR) is 73.1 cm³/mol. The minimum atomic E-state index is -0.122. The average Bonchev–Trinajstić information content (AvgIpc) is 2.85. The Bertz CT molecular complexity index is 467. The van der Waals surface area contributed by atoms with E-state index in [0.29, 0.717) is 43.5 Å². The number of nitrogens with zero attached hydrogens (tertiary/aromatic N) is 3. The molecule has 1 aliphatic rings. The van der Waals surface area contributed by atoms with Crippen molar-refractivity contribution < 1.29 is 9.59 Å². The normalized spacial score (nSPS) is 15.4. The Hall–Kier alpha value is -1.83. The topological polar surface area (TPSA) is 91.6 Å². The van der Waals surface area contributed by atoms with Gasteiger partial charge in [-0.25, -0.2) is 9.78 Å². The number of anilines is 1. The third-order valence-corrected chi connectivity index (χ3v) is 3.60. The summed E-state index contributed by atoms with van der Waals surface area (Å²) in [5.41, 5.74) is 5.90. The second kappa shape index (κ2) is 5.87. The van der Waals surface area contributed by atoms with E-state index in [2.05, 4.69) is 10.3 Å². The highest BCUT2D eigenvalue weighted by molar-refractivity contribution is 7.13. The van der Waals surface area contributed by atoms with Gasteiger partial charge in [-0.05, 0) is 6.92 Å². The van der Waals surface area contributed by atoms with E-state index in [-0.39, 0.29) is 11.9 Å². The van der Waals surface area contributed by atoms with Crippen molar-refractivity contribution in [3.05, 3.63) is 11.1 Å². The molecule has 2 heterocycles. The molecule has 19 heavy (non-hydrogen) atoms. The van der Waals surface area contributed by atoms with Crippen LogP contribution in [0.1, 0.15) is 17.4 Å². The highest BCUT2D eigenvalue weighted by Gasteiger charge is 2.25. The number of piperazine rings is 1. The van der Waals surface area contributed by atoms with Crippen LogP contribution in [-0.2, 0) is 0 Å². The Kier molecular flexibility index (Phi) is 4.20. The van der Waals surface area contributed by atoms with Crippen LogP contribution in [0.5, 0.6) is 0 Å². The van der Waals surface area contributed by atoms with Gasteiger partial charge in [0.2, 0.25) is 0 Å². The average molecular weight is 283 g/mol. The lowest BCUT2D eigenvalue weighted by Crippen LogP contribution is -2.53. The molecule has 8 heteroatoms. The largest absolute Gasteiger partial charge is 0.375 e. The zero-order chi connectivity index (χ0) is 13.8. The number of nitrogen functional groups attached to an aromatic ring is 1. The quantitative estimate of drug-likeness (QED) is 0.812. The van der Waals surface area contributed by atoms with E-state index in [1.165, 1.54) is 11.3 Å². The van der Waals surface area contributed by atoms with Crippen molar-refractivity contribution in [2.75, 3.05) is 38.5 Å². The summed E-state index contributed by atoms with van der Waals surface area (Å²) < 4.78 is 0. The highest BCUT2D eigenvalue weighted by atomic mass is 32.1. The number of amides is 3. The van der Waals surface area contributed by atoms with Gasteiger partial charge in [-0.2, -0.15) is 0 Å². The van der Waals surface area contributed by atoms with Crippen LogP contribution in [0.4, 0.5) is 9.93 Å². The molecule has 1 saturated heterocycles. The first-order chi connectivity index (χ1) is 9.11. The van der Waals surface area contributed by atoms with E-state index in [1.807, 2.05) is 6.92 Å². The van der Waals surface area contributed by atoms with Crippen molar-refractivity contribution in [2.45, 2.75) is 6.92 Å². The second-order valence-electron chi connectivity index (χ2n) is 4.19. The summed E-state index contributed by atoms with van der Waals surface area (Å²) in [4.78, 5) is 31.1. The van der Waals surface area contributed by atoms with Gasteiger partial charge in [-0.3, -0.25) is 4.79 Å². The van der Waals surface area contributed by atoms with Crippen LogP contribution in [0.3, 0.4) is 0 Å². The van der Waals surface area contributed by atoms with Gasteiger partial charge in [0.15, 0.2) is 5.13 Å². The number of carbonyl (C=O) groups excluding carboxylic acids is 2. The van der Waals surface area contributed by atoms with Crippen LogP contribution >= 0.6 is 11.3 Å². The van der Waals surface area contributed by atoms with Crippen LogP contribution in [0.15, 0.2) is 5.38 Å². The number of carbonyl (C=O) groups is 2. The fourth-order valence-corrected chi connectivity index (χ4v) is 2.46. The number of nitrogens with one attached hydrogen (secondary N) is 1. The summed E-state index contributed by atoms with van der Waals surface area (Å²) >= 11 is 1.25. The molecule has 0 unspecified atom stereocenters. The molecule has 7 nitrogen and oxygen atoms in total. The lowest BCUT2D eigenvalue weighted by atomic mass is 10.3. The van der Waals surface area contributed by atoms with E-state index in [0.717, 1.165) is 0 Å². The maximum absolute atomic E-state index is 12.1. The molecule has 1 aromatic rings. The van der Waals surface area contributed by atoms with Crippen molar-refractivity contribution >= 4 is 28.4 Å². The molecule has 0 radical (unpaired) electrons. The molecule has 0 aliphatic carbocycles. The van der Waals surface area contributed by atoms with Gasteiger partial charge >= 0.3 is 6.03 Å². The van der Waals surface area contributed by atoms with Gasteiger partial charge < -0.3 is 20.9 Å². The summed E-state index contributed by atoms with van der Waals surface area (Å²) in [6.07, 6.45) is 0. The maximum Gasteiger partial charge on any atom is 0.317 e. The number of urea groups is 1. The molecule has 1 aromatic heterocycles. The number of thiazole rings is 1. The Balaban J connectivity index is 1.89. The lowest BCUT2D eigenvalue weighted by Gasteiger charge is -2.34. The number of hydrogen-bond donors (Lipinski definition) is 2. The van der Waals surface area contributed by atoms with Crippen molar-refractivity contribution in [2.24, 2.45) is 0 Å². The number of rotatable bonds is 2. The van der Waals surface area contributed by atoms with Crippen molar-refractivity contribution in [3.8, 4) is 0 Å². The van der Waals surface area contributed by atoms with Gasteiger partial charge in [-0.1, -0.05) is 0 Å². The monoisotopic (exact) mass is 283 g/mol. The smallest absolute Gasteiger partial charge is 0.317 e. The van der Waals surface area contributed by atoms with Gasteiger partial charge in [0.1, 0.15) is 5.69 Å². The van der Waals surface area contributed by atoms with Crippen LogP contribution in [0.25, 0.3) is 0 Å². The van der Waals surface area contributed by atoms with E-state index >= 15 is 0 Å². The van der Waals surface area contributed by atoms with Crippen molar-refractivity contribution in [3.63, 3.8) is 0 Å². The molecule has 104 valence electrons. The van der Waals surface area contributed by atoms with Gasteiger partial charge in [0.05, 0.1) is 0 Å². The molecule has 1 fully saturated rings. The van der Waals surface area contributed by atoms with E-state index in [9.17, 15) is 9.59 Å². The van der Waals surface area contributed by atoms with E-state index < -0.39 is 0 Å². The molecule has 0 spiro atoms. The molecular formula is C11H17N5O2S. The number of nitrogens with two attached hydrogens (primary N) is 1. The molecule has 3 N–H and O–H groups in total. The Morgan fingerprint density at radius 1 is 1.37 bits per heavy atom. The third kappa shape index (κ3) is 3.14. The molecular weight excluding hydrogens is 266 g/mol. The molecule has 3 amide bonds. The predicted octanol–water partition coefficient (Wildman–Crippen LogP) is 0.213. The van der Waals surface area contributed by atoms with Crippen LogP contribution < -0.4 is 11.1 Å². The Morgan fingerprint density at radius 3 is 2.53 bits per heavy atom. The van der Waals surface area contributed by atoms with E-state index in [1.54, 1.807) is 15.2 Å². The number of aromatic nitrogens is 1. The molecule has 0 saturated carbocycles. The Labute approximate surface area is 115 Å². The Morgan fingerprint density at radius 2 is 2.00 bits per heavy atom. The van der Waals surface area contributed by atoms with Gasteiger partial charge in [0.25, 0.3) is 5.91 Å². The van der Waals surface area contributed by atoms with Crippen LogP contribution in [0, 0.1) is 0 Å². The second-order valence-corrected chi connectivity index (χ2v) is 5.08. The fraction of sp³-hybridized carbons (Fsp3) is 0.545. The summed E-state index contributed by atoms with van der Waals surface area (Å²) in [7, 11) is 0. The SMILES string of the molecule is CCNC(=O)N1CCN(C(=O)c2csc(N)n2)CC1. The first-order valence-electron chi connectivity index (χ1n) is 6.15. The summed E-state index contributed by atoms with van der Waals surface area (Å²) in [5, 5.41) is 4.80. The third-order valence-electron chi connectivity index (χ3n) is 2.92. The van der Waals surface area contributed by atoms with Gasteiger partial charge in [-0.15, -0.1) is 11.3 Å². The molecule has 1 aliphatic heterocycles. The minimum absolute atomic E-state index is 0.0764. The summed E-state index contributed by atoms with van der Waals surface area (Å²) in [5.74, 6) is -0.122.